The molecule has 0 fully saturated rings. The Morgan fingerprint density at radius 1 is 1.21 bits per heavy atom. The molecule has 19 heavy (non-hydrogen) atoms. The molecule has 0 spiro atoms. The Morgan fingerprint density at radius 3 is 2.68 bits per heavy atom. The summed E-state index contributed by atoms with van der Waals surface area (Å²) >= 11 is 0. The van der Waals surface area contributed by atoms with Crippen molar-refractivity contribution in [1.82, 2.24) is 0 Å². The maximum atomic E-state index is 13.8. The zero-order valence-electron chi connectivity index (χ0n) is 11.0. The number of rotatable bonds is 4. The van der Waals surface area contributed by atoms with Crippen molar-refractivity contribution >= 4 is 17.1 Å². The maximum Gasteiger partial charge on any atom is 0.146 e. The number of nitrogens with one attached hydrogen (secondary N) is 1. The van der Waals surface area contributed by atoms with Gasteiger partial charge in [0.15, 0.2) is 0 Å². The summed E-state index contributed by atoms with van der Waals surface area (Å²) in [5.41, 5.74) is 8.36. The molecule has 2 aromatic carbocycles. The van der Waals surface area contributed by atoms with Crippen molar-refractivity contribution in [1.29, 1.82) is 0 Å². The first-order valence-electron chi connectivity index (χ1n) is 6.15. The van der Waals surface area contributed by atoms with Gasteiger partial charge in [-0.1, -0.05) is 6.07 Å². The second-order valence-electron chi connectivity index (χ2n) is 4.33. The Kier molecular flexibility index (Phi) is 3.90. The second kappa shape index (κ2) is 5.61. The molecular weight excluding hydrogens is 243 g/mol. The Labute approximate surface area is 112 Å². The van der Waals surface area contributed by atoms with Crippen LogP contribution in [0.3, 0.4) is 0 Å². The van der Waals surface area contributed by atoms with Crippen molar-refractivity contribution in [2.75, 3.05) is 17.7 Å². The molecule has 0 unspecified atom stereocenters. The molecule has 0 radical (unpaired) electrons. The second-order valence-corrected chi connectivity index (χ2v) is 4.33. The van der Waals surface area contributed by atoms with Crippen LogP contribution in [0.2, 0.25) is 0 Å². The van der Waals surface area contributed by atoms with Crippen molar-refractivity contribution in [3.05, 3.63) is 47.8 Å². The number of ether oxygens (including phenoxy) is 1. The minimum atomic E-state index is -0.291. The average Bonchev–Trinajstić information content (AvgIpc) is 2.32. The quantitative estimate of drug-likeness (QED) is 0.821. The van der Waals surface area contributed by atoms with Gasteiger partial charge in [0.1, 0.15) is 11.6 Å². The van der Waals surface area contributed by atoms with Gasteiger partial charge >= 0.3 is 0 Å². The van der Waals surface area contributed by atoms with Crippen LogP contribution in [0.1, 0.15) is 12.5 Å². The van der Waals surface area contributed by atoms with Crippen molar-refractivity contribution in [3.8, 4) is 5.75 Å². The van der Waals surface area contributed by atoms with E-state index in [2.05, 4.69) is 5.32 Å². The van der Waals surface area contributed by atoms with E-state index in [0.29, 0.717) is 29.4 Å². The molecule has 0 atom stereocenters. The van der Waals surface area contributed by atoms with Gasteiger partial charge in [0.05, 0.1) is 12.3 Å². The first-order chi connectivity index (χ1) is 9.08. The Balaban J connectivity index is 2.27. The van der Waals surface area contributed by atoms with Crippen LogP contribution < -0.4 is 15.8 Å². The lowest BCUT2D eigenvalue weighted by Crippen LogP contribution is -1.98. The van der Waals surface area contributed by atoms with Gasteiger partial charge < -0.3 is 15.8 Å². The van der Waals surface area contributed by atoms with Crippen LogP contribution in [-0.4, -0.2) is 6.61 Å². The van der Waals surface area contributed by atoms with Crippen LogP contribution in [0, 0.1) is 12.7 Å². The number of halogens is 1. The highest BCUT2D eigenvalue weighted by Crippen LogP contribution is 2.27. The summed E-state index contributed by atoms with van der Waals surface area (Å²) < 4.78 is 19.2. The smallest absolute Gasteiger partial charge is 0.146 e. The van der Waals surface area contributed by atoms with Crippen LogP contribution in [0.5, 0.6) is 5.75 Å². The minimum Gasteiger partial charge on any atom is -0.494 e. The largest absolute Gasteiger partial charge is 0.494 e. The lowest BCUT2D eigenvalue weighted by Gasteiger charge is -2.11. The average molecular weight is 260 g/mol. The number of benzene rings is 2. The van der Waals surface area contributed by atoms with E-state index in [9.17, 15) is 4.39 Å². The van der Waals surface area contributed by atoms with Crippen LogP contribution in [0.25, 0.3) is 0 Å². The van der Waals surface area contributed by atoms with Gasteiger partial charge in [-0.2, -0.15) is 0 Å². The summed E-state index contributed by atoms with van der Waals surface area (Å²) in [5.74, 6) is 0.373. The molecule has 100 valence electrons. The van der Waals surface area contributed by atoms with Gasteiger partial charge in [-0.15, -0.1) is 0 Å². The van der Waals surface area contributed by atoms with Gasteiger partial charge in [-0.3, -0.25) is 0 Å². The molecule has 3 N–H and O–H groups in total. The van der Waals surface area contributed by atoms with E-state index in [1.54, 1.807) is 24.3 Å². The third-order valence-electron chi connectivity index (χ3n) is 2.64. The van der Waals surface area contributed by atoms with E-state index in [0.717, 1.165) is 5.56 Å². The minimum absolute atomic E-state index is 0.291. The Bertz CT molecular complexity index is 584. The predicted molar refractivity (Wildman–Crippen MR) is 76.4 cm³/mol. The summed E-state index contributed by atoms with van der Waals surface area (Å²) in [6, 6.07) is 10.3. The number of anilines is 3. The number of aryl methyl sites for hydroxylation is 1. The van der Waals surface area contributed by atoms with Crippen LogP contribution in [0.15, 0.2) is 36.4 Å². The fraction of sp³-hybridized carbons (Fsp3) is 0.200. The molecule has 2 aromatic rings. The molecule has 0 saturated carbocycles. The number of hydrogen-bond acceptors (Lipinski definition) is 3. The van der Waals surface area contributed by atoms with Crippen LogP contribution in [0.4, 0.5) is 21.5 Å². The molecule has 2 rings (SSSR count). The molecule has 0 aromatic heterocycles. The highest BCUT2D eigenvalue weighted by atomic mass is 19.1. The van der Waals surface area contributed by atoms with Gasteiger partial charge in [-0.25, -0.2) is 4.39 Å². The normalized spacial score (nSPS) is 10.3. The van der Waals surface area contributed by atoms with Crippen LogP contribution in [-0.2, 0) is 0 Å². The van der Waals surface area contributed by atoms with Crippen LogP contribution >= 0.6 is 0 Å². The standard InChI is InChI=1S/C15H17FN2O/c1-3-19-13-8-11(17)7-12(9-13)18-15-5-4-10(2)6-14(15)16/h4-9,18H,3,17H2,1-2H3. The predicted octanol–water partition coefficient (Wildman–Crippen LogP) is 3.86. The molecule has 3 nitrogen and oxygen atoms in total. The summed E-state index contributed by atoms with van der Waals surface area (Å²) in [6.45, 7) is 4.30. The van der Waals surface area contributed by atoms with Crippen molar-refractivity contribution in [2.24, 2.45) is 0 Å². The zero-order chi connectivity index (χ0) is 13.8. The number of hydrogen-bond donors (Lipinski definition) is 2. The van der Waals surface area contributed by atoms with Crippen molar-refractivity contribution < 1.29 is 9.13 Å². The molecule has 0 aliphatic carbocycles. The van der Waals surface area contributed by atoms with Gasteiger partial charge in [0.2, 0.25) is 0 Å². The van der Waals surface area contributed by atoms with Gasteiger partial charge in [0.25, 0.3) is 0 Å². The fourth-order valence-corrected chi connectivity index (χ4v) is 1.82. The van der Waals surface area contributed by atoms with Gasteiger partial charge in [0, 0.05) is 23.5 Å². The SMILES string of the molecule is CCOc1cc(N)cc(Nc2ccc(C)cc2F)c1. The molecule has 0 aliphatic rings. The summed E-state index contributed by atoms with van der Waals surface area (Å²) in [6.07, 6.45) is 0. The molecule has 0 aliphatic heterocycles. The summed E-state index contributed by atoms with van der Waals surface area (Å²) in [7, 11) is 0. The summed E-state index contributed by atoms with van der Waals surface area (Å²) in [4.78, 5) is 0. The first-order valence-corrected chi connectivity index (χ1v) is 6.15. The molecular formula is C15H17FN2O. The molecule has 0 heterocycles. The molecule has 4 heteroatoms. The third kappa shape index (κ3) is 3.37. The highest BCUT2D eigenvalue weighted by Gasteiger charge is 2.05. The number of nitrogen functional groups attached to an aromatic ring is 1. The Hall–Kier alpha value is -2.23. The van der Waals surface area contributed by atoms with E-state index in [1.165, 1.54) is 6.07 Å². The topological polar surface area (TPSA) is 47.3 Å². The zero-order valence-corrected chi connectivity index (χ0v) is 11.0. The van der Waals surface area contributed by atoms with E-state index < -0.39 is 0 Å². The van der Waals surface area contributed by atoms with Crippen molar-refractivity contribution in [2.45, 2.75) is 13.8 Å². The summed E-state index contributed by atoms with van der Waals surface area (Å²) in [5, 5.41) is 3.00. The van der Waals surface area contributed by atoms with E-state index >= 15 is 0 Å². The Morgan fingerprint density at radius 2 is 2.00 bits per heavy atom. The molecule has 0 saturated heterocycles. The fourth-order valence-electron chi connectivity index (χ4n) is 1.82. The molecule has 0 bridgehead atoms. The highest BCUT2D eigenvalue weighted by molar-refractivity contribution is 5.66. The monoisotopic (exact) mass is 260 g/mol. The first kappa shape index (κ1) is 13.2. The van der Waals surface area contributed by atoms with E-state index in [4.69, 9.17) is 10.5 Å². The molecule has 0 amide bonds. The third-order valence-corrected chi connectivity index (χ3v) is 2.64. The lowest BCUT2D eigenvalue weighted by atomic mass is 10.2. The van der Waals surface area contributed by atoms with Crippen molar-refractivity contribution in [3.63, 3.8) is 0 Å². The van der Waals surface area contributed by atoms with Gasteiger partial charge in [-0.05, 0) is 37.6 Å². The van der Waals surface area contributed by atoms with E-state index in [-0.39, 0.29) is 5.82 Å². The lowest BCUT2D eigenvalue weighted by molar-refractivity contribution is 0.340. The number of nitrogens with two attached hydrogens (primary N) is 1. The van der Waals surface area contributed by atoms with E-state index in [1.807, 2.05) is 19.9 Å². The maximum absolute atomic E-state index is 13.8.